The molecule has 144 valence electrons. The third-order valence-corrected chi connectivity index (χ3v) is 5.02. The van der Waals surface area contributed by atoms with Crippen molar-refractivity contribution in [1.29, 1.82) is 0 Å². The van der Waals surface area contributed by atoms with Gasteiger partial charge in [0.05, 0.1) is 19.1 Å². The minimum Gasteiger partial charge on any atom is -0.467 e. The molecule has 8 heteroatoms. The molecule has 2 heterocycles. The van der Waals surface area contributed by atoms with Crippen LogP contribution in [0.2, 0.25) is 5.02 Å². The molecule has 7 nitrogen and oxygen atoms in total. The van der Waals surface area contributed by atoms with E-state index in [2.05, 4.69) is 15.3 Å². The minimum atomic E-state index is -0.714. The molecule has 27 heavy (non-hydrogen) atoms. The molecule has 0 bridgehead atoms. The van der Waals surface area contributed by atoms with Crippen molar-refractivity contribution < 1.29 is 14.3 Å². The number of nitrogens with one attached hydrogen (secondary N) is 2. The Labute approximate surface area is 163 Å². The van der Waals surface area contributed by atoms with Crippen LogP contribution in [-0.4, -0.2) is 46.6 Å². The normalized spacial score (nSPS) is 17.4. The third kappa shape index (κ3) is 3.93. The second kappa shape index (κ2) is 8.00. The number of carbonyl (C=O) groups excluding carboxylic acids is 2. The van der Waals surface area contributed by atoms with E-state index in [1.807, 2.05) is 26.0 Å². The number of urea groups is 1. The molecule has 2 atom stereocenters. The molecule has 2 N–H and O–H groups in total. The smallest absolute Gasteiger partial charge is 0.328 e. The van der Waals surface area contributed by atoms with Gasteiger partial charge in [-0.05, 0) is 23.6 Å². The van der Waals surface area contributed by atoms with Gasteiger partial charge in [0.2, 0.25) is 0 Å². The highest BCUT2D eigenvalue weighted by Gasteiger charge is 2.36. The fraction of sp³-hybridized carbons (Fsp3) is 0.421. The molecule has 3 rings (SSSR count). The number of carbonyl (C=O) groups is 2. The van der Waals surface area contributed by atoms with Crippen LogP contribution in [0.25, 0.3) is 0 Å². The summed E-state index contributed by atoms with van der Waals surface area (Å²) in [6.45, 7) is 4.22. The first-order chi connectivity index (χ1) is 12.9. The quantitative estimate of drug-likeness (QED) is 0.786. The lowest BCUT2D eigenvalue weighted by molar-refractivity contribution is -0.144. The van der Waals surface area contributed by atoms with E-state index in [9.17, 15) is 9.59 Å². The van der Waals surface area contributed by atoms with E-state index >= 15 is 0 Å². The van der Waals surface area contributed by atoms with Crippen molar-refractivity contribution >= 4 is 23.6 Å². The molecule has 1 aromatic carbocycles. The molecule has 1 aliphatic rings. The number of aromatic amines is 1. The van der Waals surface area contributed by atoms with E-state index < -0.39 is 12.0 Å². The van der Waals surface area contributed by atoms with Gasteiger partial charge in [0, 0.05) is 23.7 Å². The van der Waals surface area contributed by atoms with Crippen molar-refractivity contribution in [1.82, 2.24) is 20.2 Å². The van der Waals surface area contributed by atoms with Crippen molar-refractivity contribution in [3.05, 3.63) is 52.6 Å². The second-order valence-corrected chi connectivity index (χ2v) is 7.29. The van der Waals surface area contributed by atoms with Crippen molar-refractivity contribution in [2.75, 3.05) is 13.7 Å². The average Bonchev–Trinajstić information content (AvgIpc) is 3.13. The second-order valence-electron chi connectivity index (χ2n) is 6.86. The highest BCUT2D eigenvalue weighted by molar-refractivity contribution is 6.30. The molecule has 0 fully saturated rings. The molecule has 0 radical (unpaired) electrons. The van der Waals surface area contributed by atoms with Gasteiger partial charge in [0.1, 0.15) is 12.1 Å². The molecule has 1 aromatic heterocycles. The maximum atomic E-state index is 13.1. The predicted molar refractivity (Wildman–Crippen MR) is 101 cm³/mol. The summed E-state index contributed by atoms with van der Waals surface area (Å²) in [5.74, 6) is -0.556. The molecule has 1 unspecified atom stereocenters. The summed E-state index contributed by atoms with van der Waals surface area (Å²) in [6.07, 6.45) is 2.30. The van der Waals surface area contributed by atoms with Crippen LogP contribution in [0.3, 0.4) is 0 Å². The summed E-state index contributed by atoms with van der Waals surface area (Å²) in [6, 6.07) is 5.96. The lowest BCUT2D eigenvalue weighted by Crippen LogP contribution is -2.53. The topological polar surface area (TPSA) is 87.3 Å². The zero-order valence-corrected chi connectivity index (χ0v) is 16.3. The van der Waals surface area contributed by atoms with E-state index in [-0.39, 0.29) is 18.0 Å². The largest absolute Gasteiger partial charge is 0.467 e. The number of imidazole rings is 1. The first-order valence-corrected chi connectivity index (χ1v) is 9.22. The molecule has 0 aliphatic carbocycles. The predicted octanol–water partition coefficient (Wildman–Crippen LogP) is 2.92. The van der Waals surface area contributed by atoms with E-state index in [1.165, 1.54) is 7.11 Å². The number of methoxy groups -OCH3 is 1. The Bertz CT molecular complexity index is 819. The number of hydrogen-bond donors (Lipinski definition) is 2. The summed E-state index contributed by atoms with van der Waals surface area (Å²) in [5.41, 5.74) is 2.71. The highest BCUT2D eigenvalue weighted by Crippen LogP contribution is 2.34. The number of benzene rings is 1. The Morgan fingerprint density at radius 1 is 1.33 bits per heavy atom. The fourth-order valence-electron chi connectivity index (χ4n) is 3.32. The number of esters is 1. The number of H-pyrrole nitrogens is 1. The summed E-state index contributed by atoms with van der Waals surface area (Å²) < 4.78 is 4.83. The molecular weight excluding hydrogens is 368 g/mol. The number of fused-ring (bicyclic) bond motifs is 1. The monoisotopic (exact) mass is 390 g/mol. The Kier molecular flexibility index (Phi) is 5.70. The van der Waals surface area contributed by atoms with E-state index in [1.54, 1.807) is 23.4 Å². The van der Waals surface area contributed by atoms with Crippen LogP contribution >= 0.6 is 11.6 Å². The Morgan fingerprint density at radius 3 is 2.67 bits per heavy atom. The van der Waals surface area contributed by atoms with Crippen molar-refractivity contribution in [2.24, 2.45) is 5.92 Å². The van der Waals surface area contributed by atoms with E-state index in [4.69, 9.17) is 16.3 Å². The van der Waals surface area contributed by atoms with Crippen LogP contribution in [0.5, 0.6) is 0 Å². The molecule has 0 saturated heterocycles. The molecule has 1 aliphatic heterocycles. The molecular formula is C19H23ClN4O3. The van der Waals surface area contributed by atoms with Crippen LogP contribution in [0, 0.1) is 5.92 Å². The van der Waals surface area contributed by atoms with Crippen LogP contribution < -0.4 is 5.32 Å². The van der Waals surface area contributed by atoms with Crippen LogP contribution in [0.15, 0.2) is 30.6 Å². The lowest BCUT2D eigenvalue weighted by atomic mass is 9.96. The highest BCUT2D eigenvalue weighted by atomic mass is 35.5. The zero-order valence-electron chi connectivity index (χ0n) is 15.5. The number of nitrogens with zero attached hydrogens (tertiary/aromatic N) is 2. The molecule has 0 saturated carbocycles. The maximum absolute atomic E-state index is 13.1. The summed E-state index contributed by atoms with van der Waals surface area (Å²) in [7, 11) is 1.32. The lowest BCUT2D eigenvalue weighted by Gasteiger charge is -2.36. The molecule has 2 amide bonds. The summed E-state index contributed by atoms with van der Waals surface area (Å²) in [5, 5.41) is 3.44. The van der Waals surface area contributed by atoms with Gasteiger partial charge in [-0.1, -0.05) is 37.6 Å². The number of aromatic nitrogens is 2. The van der Waals surface area contributed by atoms with Gasteiger partial charge in [-0.2, -0.15) is 0 Å². The number of rotatable bonds is 4. The molecule has 0 spiro atoms. The summed E-state index contributed by atoms with van der Waals surface area (Å²) >= 11 is 6.02. The zero-order chi connectivity index (χ0) is 19.6. The Balaban J connectivity index is 1.91. The standard InChI is InChI=1S/C19H23ClN4O3/c1-11(2)15(18(25)27-3)23-19(26)24-9-8-14-16(22-10-21-14)17(24)12-4-6-13(20)7-5-12/h4-7,10-11,15,17H,8-9H2,1-3H3,(H,21,22)(H,23,26)/t15-,17?/m0/s1. The maximum Gasteiger partial charge on any atom is 0.328 e. The van der Waals surface area contributed by atoms with E-state index in [0.29, 0.717) is 18.0 Å². The number of amides is 2. The number of ether oxygens (including phenoxy) is 1. The van der Waals surface area contributed by atoms with Gasteiger partial charge in [-0.3, -0.25) is 0 Å². The van der Waals surface area contributed by atoms with Crippen LogP contribution in [0.4, 0.5) is 4.79 Å². The Morgan fingerprint density at radius 2 is 2.04 bits per heavy atom. The fourth-order valence-corrected chi connectivity index (χ4v) is 3.44. The number of hydrogen-bond acceptors (Lipinski definition) is 4. The van der Waals surface area contributed by atoms with Crippen molar-refractivity contribution in [3.63, 3.8) is 0 Å². The third-order valence-electron chi connectivity index (χ3n) is 4.77. The average molecular weight is 391 g/mol. The van der Waals surface area contributed by atoms with Gasteiger partial charge < -0.3 is 19.9 Å². The first kappa shape index (κ1) is 19.2. The van der Waals surface area contributed by atoms with E-state index in [0.717, 1.165) is 17.0 Å². The minimum absolute atomic E-state index is 0.0962. The van der Waals surface area contributed by atoms with Gasteiger partial charge in [0.25, 0.3) is 0 Å². The SMILES string of the molecule is COC(=O)[C@@H](NC(=O)N1CCc2[nH]cnc2C1c1ccc(Cl)cc1)C(C)C. The Hall–Kier alpha value is -2.54. The van der Waals surface area contributed by atoms with Gasteiger partial charge in [-0.15, -0.1) is 0 Å². The first-order valence-electron chi connectivity index (χ1n) is 8.85. The van der Waals surface area contributed by atoms with Crippen molar-refractivity contribution in [2.45, 2.75) is 32.4 Å². The van der Waals surface area contributed by atoms with Crippen LogP contribution in [-0.2, 0) is 16.0 Å². The van der Waals surface area contributed by atoms with Gasteiger partial charge in [0.15, 0.2) is 0 Å². The number of halogens is 1. The van der Waals surface area contributed by atoms with Gasteiger partial charge >= 0.3 is 12.0 Å². The molecule has 2 aromatic rings. The summed E-state index contributed by atoms with van der Waals surface area (Å²) in [4.78, 5) is 34.4. The van der Waals surface area contributed by atoms with Crippen molar-refractivity contribution in [3.8, 4) is 0 Å². The van der Waals surface area contributed by atoms with Gasteiger partial charge in [-0.25, -0.2) is 14.6 Å². The van der Waals surface area contributed by atoms with Crippen LogP contribution in [0.1, 0.15) is 36.8 Å².